The zero-order valence-electron chi connectivity index (χ0n) is 9.42. The number of hydrogen-bond acceptors (Lipinski definition) is 2. The van der Waals surface area contributed by atoms with Gasteiger partial charge >= 0.3 is 0 Å². The normalized spacial score (nSPS) is 28.0. The number of methoxy groups -OCH3 is 1. The highest BCUT2D eigenvalue weighted by atomic mass is 16.5. The van der Waals surface area contributed by atoms with Crippen molar-refractivity contribution in [1.82, 2.24) is 0 Å². The van der Waals surface area contributed by atoms with Crippen molar-refractivity contribution >= 4 is 5.78 Å². The number of Topliss-reactive ketones (excluding diaryl/α,β-unsaturated/α-hetero) is 1. The molecule has 0 aliphatic heterocycles. The summed E-state index contributed by atoms with van der Waals surface area (Å²) in [6, 6.07) is 0. The number of hydrogen-bond donors (Lipinski definition) is 0. The topological polar surface area (TPSA) is 26.3 Å². The molecule has 1 fully saturated rings. The zero-order chi connectivity index (χ0) is 10.4. The minimum Gasteiger partial charge on any atom is -0.385 e. The van der Waals surface area contributed by atoms with E-state index in [-0.39, 0.29) is 0 Å². The third-order valence-corrected chi connectivity index (χ3v) is 3.18. The van der Waals surface area contributed by atoms with Gasteiger partial charge in [-0.3, -0.25) is 4.79 Å². The first kappa shape index (κ1) is 11.7. The second kappa shape index (κ2) is 6.18. The van der Waals surface area contributed by atoms with Crippen LogP contribution >= 0.6 is 0 Å². The summed E-state index contributed by atoms with van der Waals surface area (Å²) >= 11 is 0. The summed E-state index contributed by atoms with van der Waals surface area (Å²) < 4.78 is 4.99. The molecule has 0 saturated heterocycles. The van der Waals surface area contributed by atoms with Gasteiger partial charge in [0.05, 0.1) is 0 Å². The van der Waals surface area contributed by atoms with Crippen LogP contribution in [0, 0.1) is 11.8 Å². The molecule has 0 aromatic carbocycles. The van der Waals surface area contributed by atoms with Crippen LogP contribution in [0.5, 0.6) is 0 Å². The lowest BCUT2D eigenvalue weighted by Gasteiger charge is -2.25. The third kappa shape index (κ3) is 3.79. The van der Waals surface area contributed by atoms with Crippen molar-refractivity contribution in [3.63, 3.8) is 0 Å². The van der Waals surface area contributed by atoms with Crippen LogP contribution in [0.2, 0.25) is 0 Å². The maximum atomic E-state index is 11.6. The average molecular weight is 198 g/mol. The van der Waals surface area contributed by atoms with Crippen LogP contribution in [-0.2, 0) is 9.53 Å². The second-order valence-electron chi connectivity index (χ2n) is 4.53. The van der Waals surface area contributed by atoms with Gasteiger partial charge in [-0.15, -0.1) is 0 Å². The lowest BCUT2D eigenvalue weighted by Crippen LogP contribution is -2.23. The Morgan fingerprint density at radius 3 is 2.93 bits per heavy atom. The molecule has 0 heterocycles. The molecule has 0 aromatic heterocycles. The van der Waals surface area contributed by atoms with Crippen LogP contribution in [0.4, 0.5) is 0 Å². The van der Waals surface area contributed by atoms with Crippen molar-refractivity contribution in [3.05, 3.63) is 0 Å². The largest absolute Gasteiger partial charge is 0.385 e. The highest BCUT2D eigenvalue weighted by molar-refractivity contribution is 5.81. The number of carbonyl (C=O) groups excluding carboxylic acids is 1. The van der Waals surface area contributed by atoms with Crippen molar-refractivity contribution in [2.75, 3.05) is 13.7 Å². The molecule has 2 nitrogen and oxygen atoms in total. The first-order valence-electron chi connectivity index (χ1n) is 5.75. The number of unbranched alkanes of at least 4 members (excludes halogenated alkanes) is 1. The Kier molecular flexibility index (Phi) is 5.16. The van der Waals surface area contributed by atoms with E-state index in [9.17, 15) is 4.79 Å². The van der Waals surface area contributed by atoms with Gasteiger partial charge in [0, 0.05) is 26.1 Å². The molecule has 1 aliphatic carbocycles. The summed E-state index contributed by atoms with van der Waals surface area (Å²) in [5.41, 5.74) is 0. The highest BCUT2D eigenvalue weighted by Gasteiger charge is 2.25. The van der Waals surface area contributed by atoms with Crippen molar-refractivity contribution < 1.29 is 9.53 Å². The summed E-state index contributed by atoms with van der Waals surface area (Å²) in [5.74, 6) is 1.61. The Balaban J connectivity index is 2.17. The van der Waals surface area contributed by atoms with Crippen LogP contribution in [0.25, 0.3) is 0 Å². The summed E-state index contributed by atoms with van der Waals surface area (Å²) in [6.07, 6.45) is 6.34. The Morgan fingerprint density at radius 2 is 2.21 bits per heavy atom. The highest BCUT2D eigenvalue weighted by Crippen LogP contribution is 2.29. The maximum Gasteiger partial charge on any atom is 0.135 e. The van der Waals surface area contributed by atoms with Gasteiger partial charge in [-0.05, 0) is 31.6 Å². The van der Waals surface area contributed by atoms with Gasteiger partial charge in [-0.2, -0.15) is 0 Å². The Hall–Kier alpha value is -0.370. The predicted molar refractivity (Wildman–Crippen MR) is 57.2 cm³/mol. The van der Waals surface area contributed by atoms with Gasteiger partial charge in [0.1, 0.15) is 5.78 Å². The van der Waals surface area contributed by atoms with Crippen LogP contribution in [0.3, 0.4) is 0 Å². The molecular weight excluding hydrogens is 176 g/mol. The first-order valence-corrected chi connectivity index (χ1v) is 5.75. The monoisotopic (exact) mass is 198 g/mol. The molecule has 2 atom stereocenters. The smallest absolute Gasteiger partial charge is 0.135 e. The third-order valence-electron chi connectivity index (χ3n) is 3.18. The fourth-order valence-electron chi connectivity index (χ4n) is 2.24. The summed E-state index contributed by atoms with van der Waals surface area (Å²) in [5, 5.41) is 0. The molecule has 2 unspecified atom stereocenters. The molecule has 1 rings (SSSR count). The second-order valence-corrected chi connectivity index (χ2v) is 4.53. The summed E-state index contributed by atoms with van der Waals surface area (Å²) in [6.45, 7) is 3.09. The Bertz CT molecular complexity index is 177. The lowest BCUT2D eigenvalue weighted by atomic mass is 9.79. The van der Waals surface area contributed by atoms with Gasteiger partial charge in [-0.25, -0.2) is 0 Å². The molecule has 1 saturated carbocycles. The molecule has 0 bridgehead atoms. The van der Waals surface area contributed by atoms with Crippen LogP contribution in [0.15, 0.2) is 0 Å². The molecule has 0 spiro atoms. The molecule has 82 valence electrons. The van der Waals surface area contributed by atoms with E-state index in [4.69, 9.17) is 4.74 Å². The Morgan fingerprint density at radius 1 is 1.43 bits per heavy atom. The fourth-order valence-corrected chi connectivity index (χ4v) is 2.24. The van der Waals surface area contributed by atoms with E-state index in [0.717, 1.165) is 51.0 Å². The minimum atomic E-state index is 0.357. The number of rotatable bonds is 5. The van der Waals surface area contributed by atoms with E-state index < -0.39 is 0 Å². The van der Waals surface area contributed by atoms with E-state index in [1.807, 2.05) is 0 Å². The number of carbonyl (C=O) groups is 1. The molecule has 14 heavy (non-hydrogen) atoms. The minimum absolute atomic E-state index is 0.357. The lowest BCUT2D eigenvalue weighted by molar-refractivity contribution is -0.125. The molecule has 0 amide bonds. The van der Waals surface area contributed by atoms with E-state index >= 15 is 0 Å². The van der Waals surface area contributed by atoms with Gasteiger partial charge in [0.25, 0.3) is 0 Å². The van der Waals surface area contributed by atoms with Gasteiger partial charge < -0.3 is 4.74 Å². The van der Waals surface area contributed by atoms with Crippen molar-refractivity contribution in [2.45, 2.75) is 45.4 Å². The van der Waals surface area contributed by atoms with Crippen LogP contribution in [0.1, 0.15) is 45.4 Å². The van der Waals surface area contributed by atoms with Gasteiger partial charge in [0.2, 0.25) is 0 Å². The van der Waals surface area contributed by atoms with Crippen molar-refractivity contribution in [1.29, 1.82) is 0 Å². The standard InChI is InChI=1S/C12H22O2/c1-10-6-7-12(13)11(9-10)5-3-4-8-14-2/h10-11H,3-9H2,1-2H3. The van der Waals surface area contributed by atoms with Crippen molar-refractivity contribution in [2.24, 2.45) is 11.8 Å². The zero-order valence-corrected chi connectivity index (χ0v) is 9.42. The van der Waals surface area contributed by atoms with Gasteiger partial charge in [-0.1, -0.05) is 13.3 Å². The molecule has 2 heteroatoms. The van der Waals surface area contributed by atoms with E-state index in [2.05, 4.69) is 6.92 Å². The summed E-state index contributed by atoms with van der Waals surface area (Å²) in [4.78, 5) is 11.6. The van der Waals surface area contributed by atoms with E-state index in [0.29, 0.717) is 11.7 Å². The SMILES string of the molecule is COCCCCC1CC(C)CCC1=O. The molecular formula is C12H22O2. The maximum absolute atomic E-state index is 11.6. The van der Waals surface area contributed by atoms with E-state index in [1.54, 1.807) is 7.11 Å². The molecule has 0 radical (unpaired) electrons. The fraction of sp³-hybridized carbons (Fsp3) is 0.917. The number of ether oxygens (including phenoxy) is 1. The van der Waals surface area contributed by atoms with E-state index in [1.165, 1.54) is 0 Å². The van der Waals surface area contributed by atoms with Crippen LogP contribution < -0.4 is 0 Å². The average Bonchev–Trinajstić information content (AvgIpc) is 2.18. The van der Waals surface area contributed by atoms with Crippen LogP contribution in [-0.4, -0.2) is 19.5 Å². The number of ketones is 1. The Labute approximate surface area is 87.0 Å². The summed E-state index contributed by atoms with van der Waals surface area (Å²) in [7, 11) is 1.73. The van der Waals surface area contributed by atoms with Gasteiger partial charge in [0.15, 0.2) is 0 Å². The van der Waals surface area contributed by atoms with Crippen molar-refractivity contribution in [3.8, 4) is 0 Å². The predicted octanol–water partition coefficient (Wildman–Crippen LogP) is 2.81. The molecule has 0 aromatic rings. The quantitative estimate of drug-likeness (QED) is 0.635. The molecule has 0 N–H and O–H groups in total. The first-order chi connectivity index (χ1) is 6.74. The molecule has 1 aliphatic rings.